The van der Waals surface area contributed by atoms with Gasteiger partial charge < -0.3 is 10.6 Å². The summed E-state index contributed by atoms with van der Waals surface area (Å²) in [5.74, 6) is 0.187. The van der Waals surface area contributed by atoms with Gasteiger partial charge in [0.1, 0.15) is 0 Å². The van der Waals surface area contributed by atoms with E-state index in [9.17, 15) is 4.79 Å². The Balaban J connectivity index is 2.06. The van der Waals surface area contributed by atoms with Crippen LogP contribution in [0.3, 0.4) is 0 Å². The normalized spacial score (nSPS) is 24.3. The third-order valence-electron chi connectivity index (χ3n) is 3.96. The molecule has 2 atom stereocenters. The Morgan fingerprint density at radius 3 is 2.95 bits per heavy atom. The van der Waals surface area contributed by atoms with E-state index in [1.807, 2.05) is 6.07 Å². The Morgan fingerprint density at radius 2 is 2.42 bits per heavy atom. The maximum Gasteiger partial charge on any atom is 0.240 e. The van der Waals surface area contributed by atoms with E-state index in [-0.39, 0.29) is 17.5 Å². The van der Waals surface area contributed by atoms with Crippen LogP contribution in [0.5, 0.6) is 0 Å². The molecule has 1 fully saturated rings. The monoisotopic (exact) mass is 280 g/mol. The van der Waals surface area contributed by atoms with E-state index in [1.54, 1.807) is 11.3 Å². The van der Waals surface area contributed by atoms with Gasteiger partial charge >= 0.3 is 0 Å². The molecule has 2 rings (SSSR count). The van der Waals surface area contributed by atoms with Crippen LogP contribution in [0.25, 0.3) is 0 Å². The third kappa shape index (κ3) is 3.18. The van der Waals surface area contributed by atoms with E-state index < -0.39 is 0 Å². The largest absolute Gasteiger partial charge is 0.347 e. The number of hydrogen-bond donors (Lipinski definition) is 2. The third-order valence-corrected chi connectivity index (χ3v) is 4.94. The van der Waals surface area contributed by atoms with E-state index >= 15 is 0 Å². The predicted octanol–water partition coefficient (Wildman–Crippen LogP) is 3.24. The predicted molar refractivity (Wildman–Crippen MR) is 80.4 cm³/mol. The average Bonchev–Trinajstić information content (AvgIpc) is 3.07. The highest BCUT2D eigenvalue weighted by Gasteiger charge is 2.40. The van der Waals surface area contributed by atoms with Crippen LogP contribution < -0.4 is 10.6 Å². The summed E-state index contributed by atoms with van der Waals surface area (Å²) in [5, 5.41) is 8.75. The molecule has 1 aromatic heterocycles. The van der Waals surface area contributed by atoms with Gasteiger partial charge in [-0.3, -0.25) is 4.79 Å². The van der Waals surface area contributed by atoms with Crippen molar-refractivity contribution in [3.05, 3.63) is 22.4 Å². The Hall–Kier alpha value is -0.870. The standard InChI is InChI=1S/C15H24N2OS/c1-3-8-15(9-6-10-16-15)14(18)17-12(4-2)13-7-5-11-19-13/h5,7,11-12,16H,3-4,6,8-10H2,1-2H3,(H,17,18). The number of hydrogen-bond acceptors (Lipinski definition) is 3. The van der Waals surface area contributed by atoms with E-state index in [2.05, 4.69) is 35.9 Å². The molecule has 106 valence electrons. The Bertz CT molecular complexity index is 396. The van der Waals surface area contributed by atoms with Gasteiger partial charge in [-0.15, -0.1) is 11.3 Å². The summed E-state index contributed by atoms with van der Waals surface area (Å²) in [4.78, 5) is 13.9. The van der Waals surface area contributed by atoms with Crippen molar-refractivity contribution in [1.29, 1.82) is 0 Å². The minimum Gasteiger partial charge on any atom is -0.347 e. The topological polar surface area (TPSA) is 41.1 Å². The second-order valence-corrected chi connectivity index (χ2v) is 6.29. The molecule has 0 spiro atoms. The first-order chi connectivity index (χ1) is 9.22. The smallest absolute Gasteiger partial charge is 0.240 e. The highest BCUT2D eigenvalue weighted by Crippen LogP contribution is 2.28. The van der Waals surface area contributed by atoms with Gasteiger partial charge in [0.2, 0.25) is 5.91 Å². The van der Waals surface area contributed by atoms with Crippen LogP contribution in [0.2, 0.25) is 0 Å². The van der Waals surface area contributed by atoms with Crippen LogP contribution in [-0.2, 0) is 4.79 Å². The molecule has 0 radical (unpaired) electrons. The lowest BCUT2D eigenvalue weighted by Gasteiger charge is -2.30. The summed E-state index contributed by atoms with van der Waals surface area (Å²) < 4.78 is 0. The zero-order valence-electron chi connectivity index (χ0n) is 11.9. The molecule has 1 aromatic rings. The molecule has 1 saturated heterocycles. The second-order valence-electron chi connectivity index (χ2n) is 5.31. The maximum atomic E-state index is 12.7. The van der Waals surface area contributed by atoms with Gasteiger partial charge in [-0.05, 0) is 43.7 Å². The van der Waals surface area contributed by atoms with Crippen LogP contribution in [0.1, 0.15) is 56.9 Å². The lowest BCUT2D eigenvalue weighted by Crippen LogP contribution is -2.54. The lowest BCUT2D eigenvalue weighted by molar-refractivity contribution is -0.128. The highest BCUT2D eigenvalue weighted by atomic mass is 32.1. The van der Waals surface area contributed by atoms with Crippen LogP contribution >= 0.6 is 11.3 Å². The molecule has 2 unspecified atom stereocenters. The van der Waals surface area contributed by atoms with E-state index in [4.69, 9.17) is 0 Å². The minimum atomic E-state index is -0.320. The van der Waals surface area contributed by atoms with Crippen molar-refractivity contribution >= 4 is 17.2 Å². The van der Waals surface area contributed by atoms with E-state index in [0.29, 0.717) is 0 Å². The van der Waals surface area contributed by atoms with Gasteiger partial charge in [0, 0.05) is 4.88 Å². The molecule has 19 heavy (non-hydrogen) atoms. The molecule has 0 aliphatic carbocycles. The Labute approximate surface area is 119 Å². The molecular formula is C15H24N2OS. The SMILES string of the molecule is CCCC1(C(=O)NC(CC)c2cccs2)CCCN1. The Kier molecular flexibility index (Phi) is 4.99. The van der Waals surface area contributed by atoms with Crippen LogP contribution in [0.4, 0.5) is 0 Å². The van der Waals surface area contributed by atoms with Crippen molar-refractivity contribution in [2.24, 2.45) is 0 Å². The number of nitrogens with one attached hydrogen (secondary N) is 2. The molecular weight excluding hydrogens is 256 g/mol. The fourth-order valence-corrected chi connectivity index (χ4v) is 3.78. The summed E-state index contributed by atoms with van der Waals surface area (Å²) in [6.45, 7) is 5.23. The summed E-state index contributed by atoms with van der Waals surface area (Å²) in [7, 11) is 0. The molecule has 1 amide bonds. The minimum absolute atomic E-state index is 0.156. The highest BCUT2D eigenvalue weighted by molar-refractivity contribution is 7.10. The first-order valence-electron chi connectivity index (χ1n) is 7.31. The summed E-state index contributed by atoms with van der Waals surface area (Å²) in [6.07, 6.45) is 4.97. The van der Waals surface area contributed by atoms with Gasteiger partial charge in [0.15, 0.2) is 0 Å². The molecule has 1 aliphatic rings. The van der Waals surface area contributed by atoms with Crippen LogP contribution in [-0.4, -0.2) is 18.0 Å². The molecule has 0 bridgehead atoms. The molecule has 0 aromatic carbocycles. The van der Waals surface area contributed by atoms with Crippen molar-refractivity contribution in [2.45, 2.75) is 57.5 Å². The molecule has 4 heteroatoms. The number of rotatable bonds is 6. The van der Waals surface area contributed by atoms with E-state index in [0.717, 1.165) is 38.6 Å². The van der Waals surface area contributed by atoms with Gasteiger partial charge in [0.05, 0.1) is 11.6 Å². The first-order valence-corrected chi connectivity index (χ1v) is 8.19. The van der Waals surface area contributed by atoms with Crippen molar-refractivity contribution in [3.8, 4) is 0 Å². The van der Waals surface area contributed by atoms with Crippen molar-refractivity contribution in [3.63, 3.8) is 0 Å². The first kappa shape index (κ1) is 14.5. The van der Waals surface area contributed by atoms with Crippen LogP contribution in [0.15, 0.2) is 17.5 Å². The fraction of sp³-hybridized carbons (Fsp3) is 0.667. The van der Waals surface area contributed by atoms with E-state index in [1.165, 1.54) is 4.88 Å². The quantitative estimate of drug-likeness (QED) is 0.840. The van der Waals surface area contributed by atoms with Gasteiger partial charge in [-0.25, -0.2) is 0 Å². The van der Waals surface area contributed by atoms with Gasteiger partial charge in [-0.2, -0.15) is 0 Å². The maximum absolute atomic E-state index is 12.7. The number of carbonyl (C=O) groups is 1. The van der Waals surface area contributed by atoms with Crippen LogP contribution in [0, 0.1) is 0 Å². The van der Waals surface area contributed by atoms with Crippen molar-refractivity contribution in [2.75, 3.05) is 6.54 Å². The summed E-state index contributed by atoms with van der Waals surface area (Å²) in [5.41, 5.74) is -0.320. The fourth-order valence-electron chi connectivity index (χ4n) is 2.91. The number of amides is 1. The molecule has 1 aliphatic heterocycles. The van der Waals surface area contributed by atoms with Gasteiger partial charge in [-0.1, -0.05) is 26.3 Å². The molecule has 2 N–H and O–H groups in total. The average molecular weight is 280 g/mol. The Morgan fingerprint density at radius 1 is 1.58 bits per heavy atom. The summed E-state index contributed by atoms with van der Waals surface area (Å²) in [6, 6.07) is 4.31. The van der Waals surface area contributed by atoms with Crippen molar-refractivity contribution in [1.82, 2.24) is 10.6 Å². The molecule has 0 saturated carbocycles. The zero-order valence-corrected chi connectivity index (χ0v) is 12.7. The number of thiophene rings is 1. The van der Waals surface area contributed by atoms with Crippen molar-refractivity contribution < 1.29 is 4.79 Å². The zero-order chi connectivity index (χ0) is 13.7. The van der Waals surface area contributed by atoms with Gasteiger partial charge in [0.25, 0.3) is 0 Å². The summed E-state index contributed by atoms with van der Waals surface area (Å²) >= 11 is 1.72. The number of carbonyl (C=O) groups excluding carboxylic acids is 1. The molecule has 2 heterocycles. The second kappa shape index (κ2) is 6.53. The molecule has 3 nitrogen and oxygen atoms in total. The lowest BCUT2D eigenvalue weighted by atomic mass is 9.90.